The van der Waals surface area contributed by atoms with E-state index in [1.807, 2.05) is 43.4 Å². The summed E-state index contributed by atoms with van der Waals surface area (Å²) in [5.74, 6) is 1.64. The second-order valence-electron chi connectivity index (χ2n) is 9.28. The lowest BCUT2D eigenvalue weighted by molar-refractivity contribution is 0.590. The average molecular weight is 446 g/mol. The van der Waals surface area contributed by atoms with Crippen molar-refractivity contribution in [3.8, 4) is 28.5 Å². The van der Waals surface area contributed by atoms with Crippen molar-refractivity contribution in [1.29, 1.82) is 0 Å². The third kappa shape index (κ3) is 4.84. The molecule has 34 heavy (non-hydrogen) atoms. The van der Waals surface area contributed by atoms with Crippen molar-refractivity contribution >= 4 is 5.57 Å². The molecule has 3 heteroatoms. The molecule has 0 saturated heterocycles. The molecule has 0 fully saturated rings. The van der Waals surface area contributed by atoms with Gasteiger partial charge in [-0.15, -0.1) is 10.2 Å². The number of nitrogens with zero attached hydrogens (tertiary/aromatic N) is 3. The van der Waals surface area contributed by atoms with Gasteiger partial charge in [-0.05, 0) is 41.2 Å². The molecule has 0 radical (unpaired) electrons. The summed E-state index contributed by atoms with van der Waals surface area (Å²) >= 11 is 0. The van der Waals surface area contributed by atoms with Crippen LogP contribution in [0, 0.1) is 0 Å². The Kier molecular flexibility index (Phi) is 6.74. The first-order chi connectivity index (χ1) is 16.4. The van der Waals surface area contributed by atoms with Gasteiger partial charge in [0.25, 0.3) is 0 Å². The summed E-state index contributed by atoms with van der Waals surface area (Å²) in [4.78, 5) is 0. The number of hydrogen-bond donors (Lipinski definition) is 0. The molecular weight excluding hydrogens is 414 g/mol. The lowest BCUT2D eigenvalue weighted by Crippen LogP contribution is -2.10. The Morgan fingerprint density at radius 1 is 0.794 bits per heavy atom. The smallest absolute Gasteiger partial charge is 0.168 e. The van der Waals surface area contributed by atoms with Gasteiger partial charge in [-0.2, -0.15) is 0 Å². The molecule has 0 spiro atoms. The summed E-state index contributed by atoms with van der Waals surface area (Å²) in [7, 11) is 0. The lowest BCUT2D eigenvalue weighted by atomic mass is 9.86. The third-order valence-corrected chi connectivity index (χ3v) is 5.81. The van der Waals surface area contributed by atoms with Crippen LogP contribution in [-0.2, 0) is 5.41 Å². The fourth-order valence-electron chi connectivity index (χ4n) is 3.97. The van der Waals surface area contributed by atoms with Crippen molar-refractivity contribution < 1.29 is 0 Å². The standard InChI is InChI=1S/C31H31N3/c1-6-11-23(12-7-2)24-15-17-25(18-16-24)29-32-33-30(34(29)28-13-9-8-10-14-28)26-19-21-27(22-20-26)31(3,4)5/h6-22H,1H2,2-5H3/b12-7-,23-11+. The minimum absolute atomic E-state index is 0.102. The molecule has 0 aliphatic carbocycles. The van der Waals surface area contributed by atoms with Crippen molar-refractivity contribution in [3.05, 3.63) is 121 Å². The van der Waals surface area contributed by atoms with E-state index >= 15 is 0 Å². The molecule has 3 nitrogen and oxygen atoms in total. The van der Waals surface area contributed by atoms with Crippen molar-refractivity contribution in [1.82, 2.24) is 14.8 Å². The van der Waals surface area contributed by atoms with Crippen LogP contribution < -0.4 is 0 Å². The Morgan fingerprint density at radius 3 is 1.85 bits per heavy atom. The zero-order valence-corrected chi connectivity index (χ0v) is 20.4. The van der Waals surface area contributed by atoms with Gasteiger partial charge >= 0.3 is 0 Å². The van der Waals surface area contributed by atoms with Gasteiger partial charge in [-0.1, -0.05) is 118 Å². The molecular formula is C31H31N3. The van der Waals surface area contributed by atoms with E-state index in [9.17, 15) is 0 Å². The highest BCUT2D eigenvalue weighted by Gasteiger charge is 2.19. The molecule has 0 saturated carbocycles. The van der Waals surface area contributed by atoms with Crippen LogP contribution in [0.1, 0.15) is 38.8 Å². The maximum atomic E-state index is 4.63. The van der Waals surface area contributed by atoms with E-state index in [4.69, 9.17) is 0 Å². The van der Waals surface area contributed by atoms with Crippen LogP contribution in [0.3, 0.4) is 0 Å². The van der Waals surface area contributed by atoms with Crippen LogP contribution in [-0.4, -0.2) is 14.8 Å². The normalized spacial score (nSPS) is 12.3. The average Bonchev–Trinajstić information content (AvgIpc) is 3.29. The van der Waals surface area contributed by atoms with Crippen molar-refractivity contribution in [3.63, 3.8) is 0 Å². The van der Waals surface area contributed by atoms with E-state index in [0.29, 0.717) is 0 Å². The van der Waals surface area contributed by atoms with Crippen LogP contribution >= 0.6 is 0 Å². The molecule has 0 bridgehead atoms. The van der Waals surface area contributed by atoms with Crippen LogP contribution in [0.25, 0.3) is 34.0 Å². The number of allylic oxidation sites excluding steroid dienone is 5. The van der Waals surface area contributed by atoms with Crippen molar-refractivity contribution in [2.75, 3.05) is 0 Å². The molecule has 0 amide bonds. The molecule has 0 aliphatic rings. The molecule has 0 aliphatic heterocycles. The van der Waals surface area contributed by atoms with E-state index in [-0.39, 0.29) is 5.41 Å². The monoisotopic (exact) mass is 445 g/mol. The molecule has 1 aromatic heterocycles. The fraction of sp³-hybridized carbons (Fsp3) is 0.161. The van der Waals surface area contributed by atoms with Gasteiger partial charge in [0.05, 0.1) is 0 Å². The number of hydrogen-bond acceptors (Lipinski definition) is 2. The first-order valence-electron chi connectivity index (χ1n) is 11.6. The maximum Gasteiger partial charge on any atom is 0.168 e. The van der Waals surface area contributed by atoms with E-state index < -0.39 is 0 Å². The predicted octanol–water partition coefficient (Wildman–Crippen LogP) is 8.04. The lowest BCUT2D eigenvalue weighted by Gasteiger charge is -2.19. The topological polar surface area (TPSA) is 30.7 Å². The SMILES string of the molecule is C=C/C=C(\C=C/C)c1ccc(-c2nnc(-c3ccc(C(C)(C)C)cc3)n2-c2ccccc2)cc1. The summed E-state index contributed by atoms with van der Waals surface area (Å²) in [6, 6.07) is 27.4. The van der Waals surface area contributed by atoms with Crippen molar-refractivity contribution in [2.45, 2.75) is 33.1 Å². The Labute approximate surface area is 202 Å². The van der Waals surface area contributed by atoms with E-state index in [0.717, 1.165) is 39.6 Å². The number of aromatic nitrogens is 3. The summed E-state index contributed by atoms with van der Waals surface area (Å²) in [6.45, 7) is 12.5. The first-order valence-corrected chi connectivity index (χ1v) is 11.6. The van der Waals surface area contributed by atoms with E-state index in [1.54, 1.807) is 0 Å². The quantitative estimate of drug-likeness (QED) is 0.281. The molecule has 4 aromatic rings. The predicted molar refractivity (Wildman–Crippen MR) is 144 cm³/mol. The van der Waals surface area contributed by atoms with Gasteiger partial charge in [-0.3, -0.25) is 4.57 Å². The highest BCUT2D eigenvalue weighted by molar-refractivity contribution is 5.77. The zero-order valence-electron chi connectivity index (χ0n) is 20.4. The molecule has 170 valence electrons. The van der Waals surface area contributed by atoms with Gasteiger partial charge < -0.3 is 0 Å². The Balaban J connectivity index is 1.81. The molecule has 4 rings (SSSR count). The van der Waals surface area contributed by atoms with Gasteiger partial charge in [-0.25, -0.2) is 0 Å². The molecule has 0 N–H and O–H groups in total. The molecule has 3 aromatic carbocycles. The number of para-hydroxylation sites is 1. The van der Waals surface area contributed by atoms with Crippen LogP contribution in [0.15, 0.2) is 110 Å². The summed E-state index contributed by atoms with van der Waals surface area (Å²) < 4.78 is 2.13. The highest BCUT2D eigenvalue weighted by Crippen LogP contribution is 2.31. The van der Waals surface area contributed by atoms with Crippen molar-refractivity contribution in [2.24, 2.45) is 0 Å². The first kappa shape index (κ1) is 23.2. The Hall–Kier alpha value is -3.98. The third-order valence-electron chi connectivity index (χ3n) is 5.81. The van der Waals surface area contributed by atoms with E-state index in [1.165, 1.54) is 5.56 Å². The summed E-state index contributed by atoms with van der Waals surface area (Å²) in [5.41, 5.74) is 6.72. The fourth-order valence-corrected chi connectivity index (χ4v) is 3.97. The number of rotatable bonds is 6. The summed E-state index contributed by atoms with van der Waals surface area (Å²) in [5, 5.41) is 9.25. The maximum absolute atomic E-state index is 4.63. The molecule has 0 unspecified atom stereocenters. The second kappa shape index (κ2) is 9.88. The Bertz CT molecular complexity index is 1310. The molecule has 1 heterocycles. The van der Waals surface area contributed by atoms with Crippen LogP contribution in [0.4, 0.5) is 0 Å². The van der Waals surface area contributed by atoms with Gasteiger partial charge in [0, 0.05) is 16.8 Å². The highest BCUT2D eigenvalue weighted by atomic mass is 15.3. The van der Waals surface area contributed by atoms with E-state index in [2.05, 4.69) is 109 Å². The Morgan fingerprint density at radius 2 is 1.35 bits per heavy atom. The largest absolute Gasteiger partial charge is 0.275 e. The minimum atomic E-state index is 0.102. The van der Waals surface area contributed by atoms with Gasteiger partial charge in [0.15, 0.2) is 11.6 Å². The molecule has 0 atom stereocenters. The van der Waals surface area contributed by atoms with Gasteiger partial charge in [0.1, 0.15) is 0 Å². The minimum Gasteiger partial charge on any atom is -0.275 e. The summed E-state index contributed by atoms with van der Waals surface area (Å²) in [6.07, 6.45) is 7.95. The van der Waals surface area contributed by atoms with Crippen LogP contribution in [0.2, 0.25) is 0 Å². The number of benzene rings is 3. The van der Waals surface area contributed by atoms with Gasteiger partial charge in [0.2, 0.25) is 0 Å². The van der Waals surface area contributed by atoms with Crippen LogP contribution in [0.5, 0.6) is 0 Å². The zero-order chi connectivity index (χ0) is 24.1. The second-order valence-corrected chi connectivity index (χ2v) is 9.28.